The number of ether oxygens (including phenoxy) is 2. The Bertz CT molecular complexity index is 408. The summed E-state index contributed by atoms with van der Waals surface area (Å²) in [5.41, 5.74) is 1.21. The Morgan fingerprint density at radius 1 is 1.12 bits per heavy atom. The Morgan fingerprint density at radius 2 is 1.88 bits per heavy atom. The fraction of sp³-hybridized carbons (Fsp3) is 0.571. The minimum Gasteiger partial charge on any atom is -0.448 e. The normalized spacial score (nSPS) is 20.1. The van der Waals surface area contributed by atoms with Crippen LogP contribution in [0.3, 0.4) is 0 Å². The van der Waals surface area contributed by atoms with E-state index in [2.05, 4.69) is 12.1 Å². The van der Waals surface area contributed by atoms with Crippen molar-refractivity contribution in [2.45, 2.75) is 44.3 Å². The average molecular weight is 234 g/mol. The predicted molar refractivity (Wildman–Crippen MR) is 64.3 cm³/mol. The molecule has 0 atom stereocenters. The van der Waals surface area contributed by atoms with Gasteiger partial charge in [0.1, 0.15) is 0 Å². The van der Waals surface area contributed by atoms with E-state index in [4.69, 9.17) is 14.6 Å². The van der Waals surface area contributed by atoms with Crippen molar-refractivity contribution in [1.82, 2.24) is 0 Å². The first-order valence-electron chi connectivity index (χ1n) is 6.43. The first kappa shape index (κ1) is 10.9. The highest BCUT2D eigenvalue weighted by Crippen LogP contribution is 2.46. The van der Waals surface area contributed by atoms with E-state index < -0.39 is 0 Å². The molecule has 3 rings (SSSR count). The summed E-state index contributed by atoms with van der Waals surface area (Å²) < 4.78 is 11.9. The largest absolute Gasteiger partial charge is 0.448 e. The van der Waals surface area contributed by atoms with Gasteiger partial charge in [-0.05, 0) is 43.4 Å². The van der Waals surface area contributed by atoms with Gasteiger partial charge in [-0.1, -0.05) is 6.07 Å². The minimum atomic E-state index is -0.363. The first-order valence-corrected chi connectivity index (χ1v) is 6.43. The van der Waals surface area contributed by atoms with E-state index in [9.17, 15) is 0 Å². The van der Waals surface area contributed by atoms with Crippen molar-refractivity contribution in [2.24, 2.45) is 0 Å². The summed E-state index contributed by atoms with van der Waals surface area (Å²) in [6, 6.07) is 6.11. The van der Waals surface area contributed by atoms with E-state index in [1.165, 1.54) is 18.4 Å². The molecule has 0 saturated heterocycles. The van der Waals surface area contributed by atoms with Gasteiger partial charge in [0.15, 0.2) is 11.5 Å². The SMILES string of the molecule is OCCCc1ccc2c(c1)OC1(CCCC1)O2. The van der Waals surface area contributed by atoms with Gasteiger partial charge < -0.3 is 14.6 Å². The molecule has 3 heteroatoms. The maximum atomic E-state index is 8.83. The Balaban J connectivity index is 1.78. The van der Waals surface area contributed by atoms with Crippen LogP contribution < -0.4 is 9.47 Å². The fourth-order valence-electron chi connectivity index (χ4n) is 2.69. The summed E-state index contributed by atoms with van der Waals surface area (Å²) in [6.07, 6.45) is 6.04. The molecular weight excluding hydrogens is 216 g/mol. The van der Waals surface area contributed by atoms with Gasteiger partial charge in [-0.25, -0.2) is 0 Å². The molecule has 0 radical (unpaired) electrons. The molecule has 1 aromatic carbocycles. The van der Waals surface area contributed by atoms with Crippen LogP contribution in [0.4, 0.5) is 0 Å². The summed E-state index contributed by atoms with van der Waals surface area (Å²) >= 11 is 0. The van der Waals surface area contributed by atoms with E-state index in [1.807, 2.05) is 6.07 Å². The van der Waals surface area contributed by atoms with Crippen LogP contribution in [-0.2, 0) is 6.42 Å². The van der Waals surface area contributed by atoms with Gasteiger partial charge in [-0.3, -0.25) is 0 Å². The summed E-state index contributed by atoms with van der Waals surface area (Å²) in [6.45, 7) is 0.235. The number of hydrogen-bond acceptors (Lipinski definition) is 3. The highest BCUT2D eigenvalue weighted by Gasteiger charge is 2.43. The summed E-state index contributed by atoms with van der Waals surface area (Å²) in [5, 5.41) is 8.83. The smallest absolute Gasteiger partial charge is 0.251 e. The second-order valence-electron chi connectivity index (χ2n) is 4.93. The fourth-order valence-corrected chi connectivity index (χ4v) is 2.69. The van der Waals surface area contributed by atoms with Gasteiger partial charge in [-0.2, -0.15) is 0 Å². The van der Waals surface area contributed by atoms with Crippen LogP contribution in [0.15, 0.2) is 18.2 Å². The molecule has 17 heavy (non-hydrogen) atoms. The number of hydrogen-bond donors (Lipinski definition) is 1. The lowest BCUT2D eigenvalue weighted by Gasteiger charge is -2.21. The lowest BCUT2D eigenvalue weighted by Crippen LogP contribution is -2.34. The second-order valence-corrected chi connectivity index (χ2v) is 4.93. The molecule has 92 valence electrons. The van der Waals surface area contributed by atoms with E-state index in [1.54, 1.807) is 0 Å². The van der Waals surface area contributed by atoms with Crippen molar-refractivity contribution < 1.29 is 14.6 Å². The van der Waals surface area contributed by atoms with Crippen molar-refractivity contribution >= 4 is 0 Å². The quantitative estimate of drug-likeness (QED) is 0.873. The van der Waals surface area contributed by atoms with E-state index in [0.717, 1.165) is 37.2 Å². The highest BCUT2D eigenvalue weighted by atomic mass is 16.7. The van der Waals surface area contributed by atoms with Crippen molar-refractivity contribution in [2.75, 3.05) is 6.61 Å². The van der Waals surface area contributed by atoms with Crippen molar-refractivity contribution in [1.29, 1.82) is 0 Å². The molecule has 1 saturated carbocycles. The van der Waals surface area contributed by atoms with Gasteiger partial charge in [-0.15, -0.1) is 0 Å². The van der Waals surface area contributed by atoms with Gasteiger partial charge in [0.25, 0.3) is 5.79 Å². The lowest BCUT2D eigenvalue weighted by atomic mass is 10.1. The Hall–Kier alpha value is -1.22. The van der Waals surface area contributed by atoms with Crippen LogP contribution in [-0.4, -0.2) is 17.5 Å². The third-order valence-electron chi connectivity index (χ3n) is 3.59. The van der Waals surface area contributed by atoms with Crippen molar-refractivity contribution in [3.63, 3.8) is 0 Å². The molecule has 1 spiro atoms. The Labute approximate surface area is 101 Å². The van der Waals surface area contributed by atoms with Crippen molar-refractivity contribution in [3.05, 3.63) is 23.8 Å². The second kappa shape index (κ2) is 4.22. The van der Waals surface area contributed by atoms with E-state index in [-0.39, 0.29) is 12.4 Å². The molecule has 0 bridgehead atoms. The summed E-state index contributed by atoms with van der Waals surface area (Å²) in [5.74, 6) is 1.39. The molecule has 1 aliphatic heterocycles. The maximum absolute atomic E-state index is 8.83. The van der Waals surface area contributed by atoms with Gasteiger partial charge in [0.05, 0.1) is 0 Å². The number of fused-ring (bicyclic) bond motifs is 1. The van der Waals surface area contributed by atoms with Crippen LogP contribution in [0.2, 0.25) is 0 Å². The molecule has 2 aliphatic rings. The standard InChI is InChI=1S/C14H18O3/c15-9-3-4-11-5-6-12-13(10-11)17-14(16-12)7-1-2-8-14/h5-6,10,15H,1-4,7-9H2. The van der Waals surface area contributed by atoms with E-state index in [0.29, 0.717) is 0 Å². The van der Waals surface area contributed by atoms with Gasteiger partial charge in [0, 0.05) is 19.4 Å². The van der Waals surface area contributed by atoms with Crippen LogP contribution in [0, 0.1) is 0 Å². The topological polar surface area (TPSA) is 38.7 Å². The molecule has 0 amide bonds. The molecule has 0 unspecified atom stereocenters. The number of rotatable bonds is 3. The number of aryl methyl sites for hydroxylation is 1. The molecule has 1 N–H and O–H groups in total. The molecule has 1 aliphatic carbocycles. The minimum absolute atomic E-state index is 0.235. The number of aliphatic hydroxyl groups excluding tert-OH is 1. The maximum Gasteiger partial charge on any atom is 0.251 e. The Morgan fingerprint density at radius 3 is 2.65 bits per heavy atom. The zero-order chi connectivity index (χ0) is 11.7. The first-order chi connectivity index (χ1) is 8.31. The Kier molecular flexibility index (Phi) is 2.71. The van der Waals surface area contributed by atoms with Gasteiger partial charge in [0.2, 0.25) is 0 Å². The van der Waals surface area contributed by atoms with Crippen molar-refractivity contribution in [3.8, 4) is 11.5 Å². The van der Waals surface area contributed by atoms with Crippen LogP contribution in [0.5, 0.6) is 11.5 Å². The summed E-state index contributed by atoms with van der Waals surface area (Å²) in [4.78, 5) is 0. The highest BCUT2D eigenvalue weighted by molar-refractivity contribution is 5.46. The molecule has 0 aromatic heterocycles. The summed E-state index contributed by atoms with van der Waals surface area (Å²) in [7, 11) is 0. The van der Waals surface area contributed by atoms with Crippen LogP contribution >= 0.6 is 0 Å². The number of aliphatic hydroxyl groups is 1. The number of benzene rings is 1. The average Bonchev–Trinajstić information content (AvgIpc) is 2.92. The lowest BCUT2D eigenvalue weighted by molar-refractivity contribution is -0.0716. The van der Waals surface area contributed by atoms with Crippen LogP contribution in [0.25, 0.3) is 0 Å². The third kappa shape index (κ3) is 2.00. The van der Waals surface area contributed by atoms with E-state index >= 15 is 0 Å². The molecular formula is C14H18O3. The monoisotopic (exact) mass is 234 g/mol. The van der Waals surface area contributed by atoms with Crippen LogP contribution in [0.1, 0.15) is 37.7 Å². The predicted octanol–water partition coefficient (Wildman–Crippen LogP) is 2.65. The molecule has 3 nitrogen and oxygen atoms in total. The van der Waals surface area contributed by atoms with Gasteiger partial charge >= 0.3 is 0 Å². The molecule has 1 aromatic rings. The zero-order valence-corrected chi connectivity index (χ0v) is 9.95. The third-order valence-corrected chi connectivity index (χ3v) is 3.59. The zero-order valence-electron chi connectivity index (χ0n) is 9.95. The molecule has 1 fully saturated rings. The molecule has 1 heterocycles.